The zero-order valence-corrected chi connectivity index (χ0v) is 9.67. The topological polar surface area (TPSA) is 9.23 Å². The lowest BCUT2D eigenvalue weighted by Crippen LogP contribution is -1.96. The molecule has 0 amide bonds. The lowest BCUT2D eigenvalue weighted by molar-refractivity contribution is 0.304. The van der Waals surface area contributed by atoms with Crippen LogP contribution in [0.4, 0.5) is 0 Å². The van der Waals surface area contributed by atoms with Crippen LogP contribution in [0, 0.1) is 6.07 Å². The molecule has 1 heteroatoms. The van der Waals surface area contributed by atoms with Gasteiger partial charge in [-0.3, -0.25) is 0 Å². The van der Waals surface area contributed by atoms with E-state index >= 15 is 0 Å². The van der Waals surface area contributed by atoms with Gasteiger partial charge in [0.2, 0.25) is 0 Å². The molecule has 0 spiro atoms. The highest BCUT2D eigenvalue weighted by atomic mass is 16.5. The summed E-state index contributed by atoms with van der Waals surface area (Å²) in [6, 6.07) is 10.7. The van der Waals surface area contributed by atoms with Crippen molar-refractivity contribution in [2.45, 2.75) is 45.4 Å². The Morgan fingerprint density at radius 2 is 1.93 bits per heavy atom. The fourth-order valence-corrected chi connectivity index (χ4v) is 1.54. The predicted molar refractivity (Wildman–Crippen MR) is 64.1 cm³/mol. The Bertz CT molecular complexity index is 230. The van der Waals surface area contributed by atoms with Crippen LogP contribution in [0.2, 0.25) is 0 Å². The minimum Gasteiger partial charge on any atom is -0.494 e. The normalized spacial score (nSPS) is 10.2. The molecule has 0 heterocycles. The average Bonchev–Trinajstić information content (AvgIpc) is 2.29. The first-order valence-electron chi connectivity index (χ1n) is 6.02. The maximum absolute atomic E-state index is 5.58. The largest absolute Gasteiger partial charge is 0.494 e. The first-order valence-corrected chi connectivity index (χ1v) is 6.02. The van der Waals surface area contributed by atoms with E-state index in [1.807, 2.05) is 24.3 Å². The fraction of sp³-hybridized carbons (Fsp3) is 0.571. The summed E-state index contributed by atoms with van der Waals surface area (Å²) in [5.74, 6) is 0.936. The summed E-state index contributed by atoms with van der Waals surface area (Å²) in [5.41, 5.74) is 0. The lowest BCUT2D eigenvalue weighted by Gasteiger charge is -2.05. The van der Waals surface area contributed by atoms with E-state index in [9.17, 15) is 0 Å². The average molecular weight is 205 g/mol. The van der Waals surface area contributed by atoms with E-state index in [-0.39, 0.29) is 0 Å². The van der Waals surface area contributed by atoms with E-state index in [4.69, 9.17) is 4.74 Å². The summed E-state index contributed by atoms with van der Waals surface area (Å²) >= 11 is 0. The van der Waals surface area contributed by atoms with Crippen molar-refractivity contribution < 1.29 is 4.74 Å². The van der Waals surface area contributed by atoms with Crippen LogP contribution in [0.15, 0.2) is 24.3 Å². The minimum absolute atomic E-state index is 0.837. The quantitative estimate of drug-likeness (QED) is 0.577. The standard InChI is InChI=1S/C14H21O/c1-2-3-4-5-6-10-13-15-14-11-8-7-9-12-14/h7-8,11-12H,2-6,10,13H2,1H3. The van der Waals surface area contributed by atoms with Crippen LogP contribution in [-0.4, -0.2) is 6.61 Å². The van der Waals surface area contributed by atoms with Crippen LogP contribution in [0.5, 0.6) is 5.75 Å². The maximum Gasteiger partial charge on any atom is 0.119 e. The van der Waals surface area contributed by atoms with Gasteiger partial charge in [-0.15, -0.1) is 0 Å². The summed E-state index contributed by atoms with van der Waals surface area (Å²) in [6.07, 6.45) is 7.85. The highest BCUT2D eigenvalue weighted by Gasteiger charge is 1.92. The van der Waals surface area contributed by atoms with Gasteiger partial charge < -0.3 is 4.74 Å². The number of rotatable bonds is 8. The van der Waals surface area contributed by atoms with Crippen molar-refractivity contribution in [2.24, 2.45) is 0 Å². The molecule has 1 nitrogen and oxygen atoms in total. The molecule has 1 radical (unpaired) electrons. The SMILES string of the molecule is CCCCCCCCOc1c[c]ccc1. The van der Waals surface area contributed by atoms with Gasteiger partial charge >= 0.3 is 0 Å². The Morgan fingerprint density at radius 3 is 2.67 bits per heavy atom. The Balaban J connectivity index is 1.93. The highest BCUT2D eigenvalue weighted by molar-refractivity contribution is 5.19. The molecule has 0 aliphatic carbocycles. The summed E-state index contributed by atoms with van der Waals surface area (Å²) in [5, 5.41) is 0. The molecule has 0 aliphatic heterocycles. The van der Waals surface area contributed by atoms with Gasteiger partial charge in [-0.05, 0) is 24.6 Å². The van der Waals surface area contributed by atoms with Crippen LogP contribution in [0.3, 0.4) is 0 Å². The fourth-order valence-electron chi connectivity index (χ4n) is 1.54. The van der Waals surface area contributed by atoms with Crippen molar-refractivity contribution >= 4 is 0 Å². The van der Waals surface area contributed by atoms with E-state index in [0.717, 1.165) is 12.4 Å². The van der Waals surface area contributed by atoms with Crippen molar-refractivity contribution in [3.8, 4) is 5.75 Å². The van der Waals surface area contributed by atoms with Crippen LogP contribution in [-0.2, 0) is 0 Å². The molecule has 1 aromatic rings. The van der Waals surface area contributed by atoms with Gasteiger partial charge in [0.25, 0.3) is 0 Å². The van der Waals surface area contributed by atoms with E-state index < -0.39 is 0 Å². The van der Waals surface area contributed by atoms with Crippen molar-refractivity contribution in [3.63, 3.8) is 0 Å². The number of unbranched alkanes of at least 4 members (excludes halogenated alkanes) is 5. The van der Waals surface area contributed by atoms with Gasteiger partial charge in [0.15, 0.2) is 0 Å². The molecule has 0 saturated carbocycles. The molecule has 1 rings (SSSR count). The van der Waals surface area contributed by atoms with Gasteiger partial charge in [-0.1, -0.05) is 51.2 Å². The van der Waals surface area contributed by atoms with Gasteiger partial charge in [-0.25, -0.2) is 0 Å². The number of hydrogen-bond donors (Lipinski definition) is 0. The summed E-state index contributed by atoms with van der Waals surface area (Å²) < 4.78 is 5.58. The first kappa shape index (κ1) is 12.1. The molecule has 0 aliphatic rings. The van der Waals surface area contributed by atoms with Crippen LogP contribution in [0.1, 0.15) is 45.4 Å². The third kappa shape index (κ3) is 6.16. The zero-order valence-electron chi connectivity index (χ0n) is 9.67. The molecule has 0 aromatic heterocycles. The first-order chi connectivity index (χ1) is 7.43. The summed E-state index contributed by atoms with van der Waals surface area (Å²) in [4.78, 5) is 0. The minimum atomic E-state index is 0.837. The molecule has 0 saturated heterocycles. The molecule has 1 aromatic carbocycles. The lowest BCUT2D eigenvalue weighted by atomic mass is 10.1. The maximum atomic E-state index is 5.58. The van der Waals surface area contributed by atoms with Gasteiger partial charge in [0.1, 0.15) is 5.75 Å². The van der Waals surface area contributed by atoms with E-state index in [2.05, 4.69) is 13.0 Å². The zero-order chi connectivity index (χ0) is 10.8. The smallest absolute Gasteiger partial charge is 0.119 e. The second-order valence-electron chi connectivity index (χ2n) is 3.86. The molecule has 15 heavy (non-hydrogen) atoms. The number of ether oxygens (including phenoxy) is 1. The second kappa shape index (κ2) is 8.34. The second-order valence-corrected chi connectivity index (χ2v) is 3.86. The molecule has 0 bridgehead atoms. The van der Waals surface area contributed by atoms with Gasteiger partial charge in [0.05, 0.1) is 6.61 Å². The van der Waals surface area contributed by atoms with Crippen molar-refractivity contribution in [1.82, 2.24) is 0 Å². The molecular formula is C14H21O. The molecule has 0 N–H and O–H groups in total. The number of hydrogen-bond acceptors (Lipinski definition) is 1. The summed E-state index contributed by atoms with van der Waals surface area (Å²) in [7, 11) is 0. The molecular weight excluding hydrogens is 184 g/mol. The third-order valence-electron chi connectivity index (χ3n) is 2.45. The van der Waals surface area contributed by atoms with Gasteiger partial charge in [0, 0.05) is 0 Å². The molecule has 0 atom stereocenters. The molecule has 0 fully saturated rings. The van der Waals surface area contributed by atoms with E-state index in [1.165, 1.54) is 38.5 Å². The van der Waals surface area contributed by atoms with Crippen molar-refractivity contribution in [3.05, 3.63) is 30.3 Å². The predicted octanol–water partition coefficient (Wildman–Crippen LogP) is 4.23. The Hall–Kier alpha value is -0.980. The van der Waals surface area contributed by atoms with E-state index in [1.54, 1.807) is 0 Å². The Morgan fingerprint density at radius 1 is 1.13 bits per heavy atom. The Kier molecular flexibility index (Phi) is 6.72. The monoisotopic (exact) mass is 205 g/mol. The Labute approximate surface area is 93.5 Å². The molecule has 83 valence electrons. The number of benzene rings is 1. The molecule has 0 unspecified atom stereocenters. The summed E-state index contributed by atoms with van der Waals surface area (Å²) in [6.45, 7) is 3.08. The van der Waals surface area contributed by atoms with E-state index in [0.29, 0.717) is 0 Å². The van der Waals surface area contributed by atoms with Gasteiger partial charge in [-0.2, -0.15) is 0 Å². The highest BCUT2D eigenvalue weighted by Crippen LogP contribution is 2.10. The van der Waals surface area contributed by atoms with Crippen molar-refractivity contribution in [2.75, 3.05) is 6.61 Å². The van der Waals surface area contributed by atoms with Crippen LogP contribution < -0.4 is 4.74 Å². The van der Waals surface area contributed by atoms with Crippen LogP contribution in [0.25, 0.3) is 0 Å². The van der Waals surface area contributed by atoms with Crippen molar-refractivity contribution in [1.29, 1.82) is 0 Å². The van der Waals surface area contributed by atoms with Crippen LogP contribution >= 0.6 is 0 Å². The third-order valence-corrected chi connectivity index (χ3v) is 2.45.